The van der Waals surface area contributed by atoms with Gasteiger partial charge in [0.25, 0.3) is 0 Å². The number of pyridine rings is 1. The van der Waals surface area contributed by atoms with Crippen molar-refractivity contribution in [2.24, 2.45) is 0 Å². The van der Waals surface area contributed by atoms with Crippen molar-refractivity contribution in [1.82, 2.24) is 9.88 Å². The zero-order valence-corrected chi connectivity index (χ0v) is 9.74. The molecule has 1 rings (SSSR count). The highest BCUT2D eigenvalue weighted by atomic mass is 19.4. The quantitative estimate of drug-likeness (QED) is 0.713. The summed E-state index contributed by atoms with van der Waals surface area (Å²) in [6, 6.07) is 5.53. The second kappa shape index (κ2) is 5.86. The van der Waals surface area contributed by atoms with E-state index in [1.165, 1.54) is 0 Å². The molecule has 0 aliphatic rings. The van der Waals surface area contributed by atoms with Gasteiger partial charge in [0.1, 0.15) is 0 Å². The number of hydrogen-bond donors (Lipinski definition) is 0. The molecule has 6 heteroatoms. The standard InChI is InChI=1S/C11H15BF3N2/c1-10(12(13,14)15)9-17(2)8-6-11-5-3-4-7-16-11/h3-5,7H,1,6,8-9H2,2H3/q-1. The van der Waals surface area contributed by atoms with Gasteiger partial charge in [-0.05, 0) is 25.7 Å². The third-order valence-electron chi connectivity index (χ3n) is 2.41. The molecular weight excluding hydrogens is 228 g/mol. The predicted molar refractivity (Wildman–Crippen MR) is 63.7 cm³/mol. The Hall–Kier alpha value is -1.30. The van der Waals surface area contributed by atoms with E-state index in [0.717, 1.165) is 5.69 Å². The van der Waals surface area contributed by atoms with Crippen molar-refractivity contribution in [1.29, 1.82) is 0 Å². The van der Waals surface area contributed by atoms with Crippen LogP contribution in [-0.4, -0.2) is 37.0 Å². The van der Waals surface area contributed by atoms with Crippen LogP contribution < -0.4 is 0 Å². The van der Waals surface area contributed by atoms with Crippen LogP contribution >= 0.6 is 0 Å². The molecule has 0 aliphatic carbocycles. The molecule has 0 bridgehead atoms. The molecule has 0 saturated heterocycles. The molecule has 0 fully saturated rings. The van der Waals surface area contributed by atoms with Crippen LogP contribution in [0.5, 0.6) is 0 Å². The molecule has 0 atom stereocenters. The molecule has 0 aromatic carbocycles. The van der Waals surface area contributed by atoms with Crippen molar-refractivity contribution in [2.75, 3.05) is 20.1 Å². The number of rotatable bonds is 6. The highest BCUT2D eigenvalue weighted by Crippen LogP contribution is 2.18. The summed E-state index contributed by atoms with van der Waals surface area (Å²) in [5.74, 6) is 0. The third kappa shape index (κ3) is 5.04. The lowest BCUT2D eigenvalue weighted by Gasteiger charge is -2.24. The van der Waals surface area contributed by atoms with Crippen LogP contribution in [0.25, 0.3) is 0 Å². The van der Waals surface area contributed by atoms with Crippen LogP contribution in [0, 0.1) is 0 Å². The lowest BCUT2D eigenvalue weighted by molar-refractivity contribution is 0.360. The molecule has 0 radical (unpaired) electrons. The number of halogens is 3. The second-order valence-corrected chi connectivity index (χ2v) is 4.04. The van der Waals surface area contributed by atoms with E-state index < -0.39 is 12.4 Å². The summed E-state index contributed by atoms with van der Waals surface area (Å²) < 4.78 is 36.9. The third-order valence-corrected chi connectivity index (χ3v) is 2.41. The van der Waals surface area contributed by atoms with Crippen molar-refractivity contribution in [3.05, 3.63) is 42.1 Å². The molecule has 0 aliphatic heterocycles. The van der Waals surface area contributed by atoms with Crippen LogP contribution in [0.2, 0.25) is 0 Å². The zero-order valence-electron chi connectivity index (χ0n) is 9.74. The van der Waals surface area contributed by atoms with Crippen molar-refractivity contribution < 1.29 is 12.9 Å². The SMILES string of the molecule is C=C(CN(C)CCc1ccccn1)[B-](F)(F)F. The molecule has 0 amide bonds. The number of aromatic nitrogens is 1. The number of hydrogen-bond acceptors (Lipinski definition) is 2. The second-order valence-electron chi connectivity index (χ2n) is 4.04. The van der Waals surface area contributed by atoms with Crippen LogP contribution in [-0.2, 0) is 6.42 Å². The lowest BCUT2D eigenvalue weighted by atomic mass is 9.80. The van der Waals surface area contributed by atoms with E-state index in [1.807, 2.05) is 12.1 Å². The van der Waals surface area contributed by atoms with Gasteiger partial charge in [-0.25, -0.2) is 0 Å². The summed E-state index contributed by atoms with van der Waals surface area (Å²) in [7, 11) is 1.65. The first-order valence-electron chi connectivity index (χ1n) is 5.35. The molecule has 0 spiro atoms. The van der Waals surface area contributed by atoms with Gasteiger partial charge in [-0.1, -0.05) is 6.07 Å². The van der Waals surface area contributed by atoms with Crippen molar-refractivity contribution in [3.63, 3.8) is 0 Å². The summed E-state index contributed by atoms with van der Waals surface area (Å²) in [5, 5.41) is 0. The van der Waals surface area contributed by atoms with E-state index in [0.29, 0.717) is 13.0 Å². The van der Waals surface area contributed by atoms with Gasteiger partial charge in [-0.2, -0.15) is 0 Å². The average Bonchev–Trinajstić information content (AvgIpc) is 2.26. The Balaban J connectivity index is 2.36. The van der Waals surface area contributed by atoms with Gasteiger partial charge in [0.15, 0.2) is 0 Å². The van der Waals surface area contributed by atoms with Crippen LogP contribution in [0.4, 0.5) is 12.9 Å². The maximum Gasteiger partial charge on any atom is 0.506 e. The maximum atomic E-state index is 12.3. The molecule has 94 valence electrons. The largest absolute Gasteiger partial charge is 0.506 e. The normalized spacial score (nSPS) is 11.8. The highest BCUT2D eigenvalue weighted by molar-refractivity contribution is 6.66. The monoisotopic (exact) mass is 243 g/mol. The molecule has 17 heavy (non-hydrogen) atoms. The first-order chi connectivity index (χ1) is 7.89. The molecule has 2 nitrogen and oxygen atoms in total. The summed E-state index contributed by atoms with van der Waals surface area (Å²) in [6.07, 6.45) is 2.31. The molecule has 1 aromatic heterocycles. The van der Waals surface area contributed by atoms with Gasteiger partial charge in [-0.15, -0.1) is 12.1 Å². The van der Waals surface area contributed by atoms with Gasteiger partial charge < -0.3 is 17.8 Å². The van der Waals surface area contributed by atoms with Gasteiger partial charge in [-0.3, -0.25) is 4.98 Å². The van der Waals surface area contributed by atoms with Gasteiger partial charge in [0, 0.05) is 24.9 Å². The summed E-state index contributed by atoms with van der Waals surface area (Å²) in [5.41, 5.74) is 0.219. The average molecular weight is 243 g/mol. The van der Waals surface area contributed by atoms with Crippen LogP contribution in [0.15, 0.2) is 36.4 Å². The Kier molecular flexibility index (Phi) is 4.75. The molecule has 0 N–H and O–H groups in total. The Labute approximate surface area is 99.2 Å². The van der Waals surface area contributed by atoms with E-state index >= 15 is 0 Å². The minimum Gasteiger partial charge on any atom is -0.445 e. The fourth-order valence-electron chi connectivity index (χ4n) is 1.38. The van der Waals surface area contributed by atoms with E-state index in [-0.39, 0.29) is 6.54 Å². The minimum atomic E-state index is -4.93. The molecule has 1 heterocycles. The Morgan fingerprint density at radius 1 is 1.41 bits per heavy atom. The fourth-order valence-corrected chi connectivity index (χ4v) is 1.38. The van der Waals surface area contributed by atoms with E-state index in [4.69, 9.17) is 0 Å². The maximum absolute atomic E-state index is 12.3. The zero-order chi connectivity index (χ0) is 12.9. The molecule has 0 unspecified atom stereocenters. The lowest BCUT2D eigenvalue weighted by Crippen LogP contribution is -2.31. The number of nitrogens with zero attached hydrogens (tertiary/aromatic N) is 2. The van der Waals surface area contributed by atoms with Crippen molar-refractivity contribution in [3.8, 4) is 0 Å². The van der Waals surface area contributed by atoms with E-state index in [9.17, 15) is 12.9 Å². The Morgan fingerprint density at radius 2 is 2.12 bits per heavy atom. The molecule has 1 aromatic rings. The molecule has 0 saturated carbocycles. The smallest absolute Gasteiger partial charge is 0.445 e. The topological polar surface area (TPSA) is 16.1 Å². The predicted octanol–water partition coefficient (Wildman–Crippen LogP) is 2.50. The van der Waals surface area contributed by atoms with Crippen molar-refractivity contribution >= 4 is 6.98 Å². The summed E-state index contributed by atoms with van der Waals surface area (Å²) in [6.45, 7) is -1.47. The van der Waals surface area contributed by atoms with Crippen LogP contribution in [0.3, 0.4) is 0 Å². The first-order valence-corrected chi connectivity index (χ1v) is 5.35. The van der Waals surface area contributed by atoms with Gasteiger partial charge >= 0.3 is 6.98 Å². The molecular formula is C11H15BF3N2-. The summed E-state index contributed by atoms with van der Waals surface area (Å²) >= 11 is 0. The summed E-state index contributed by atoms with van der Waals surface area (Å²) in [4.78, 5) is 5.71. The van der Waals surface area contributed by atoms with E-state index in [2.05, 4.69) is 11.6 Å². The minimum absolute atomic E-state index is 0.143. The van der Waals surface area contributed by atoms with Gasteiger partial charge in [0.2, 0.25) is 0 Å². The Morgan fingerprint density at radius 3 is 2.65 bits per heavy atom. The number of likely N-dealkylation sites (N-methyl/N-ethyl adjacent to an activating group) is 1. The van der Waals surface area contributed by atoms with E-state index in [1.54, 1.807) is 24.2 Å². The highest BCUT2D eigenvalue weighted by Gasteiger charge is 2.26. The van der Waals surface area contributed by atoms with Crippen molar-refractivity contribution in [2.45, 2.75) is 6.42 Å². The fraction of sp³-hybridized carbons (Fsp3) is 0.364. The van der Waals surface area contributed by atoms with Gasteiger partial charge in [0.05, 0.1) is 0 Å². The first kappa shape index (κ1) is 13.8. The Bertz CT molecular complexity index is 365. The van der Waals surface area contributed by atoms with Crippen LogP contribution in [0.1, 0.15) is 5.69 Å².